The van der Waals surface area contributed by atoms with E-state index >= 15 is 0 Å². The van der Waals surface area contributed by atoms with Crippen LogP contribution in [0, 0.1) is 5.92 Å². The van der Waals surface area contributed by atoms with Crippen molar-refractivity contribution in [2.24, 2.45) is 5.92 Å². The van der Waals surface area contributed by atoms with Crippen molar-refractivity contribution in [2.75, 3.05) is 20.1 Å². The number of carbonyl (C=O) groups is 1. The van der Waals surface area contributed by atoms with Crippen LogP contribution in [-0.2, 0) is 14.8 Å². The maximum atomic E-state index is 12.4. The number of amides is 1. The topological polar surface area (TPSA) is 79.4 Å². The van der Waals surface area contributed by atoms with E-state index in [9.17, 15) is 13.2 Å². The zero-order chi connectivity index (χ0) is 13.9. The lowest BCUT2D eigenvalue weighted by Gasteiger charge is -2.30. The normalized spacial score (nSPS) is 21.0. The number of hydrogen-bond acceptors (Lipinski definition) is 4. The Labute approximate surface area is 112 Å². The fourth-order valence-corrected chi connectivity index (χ4v) is 3.72. The van der Waals surface area contributed by atoms with Crippen LogP contribution < -0.4 is 5.32 Å². The maximum Gasteiger partial charge on any atom is 0.244 e. The summed E-state index contributed by atoms with van der Waals surface area (Å²) in [6.07, 6.45) is 4.28. The average Bonchev–Trinajstić information content (AvgIpc) is 2.47. The molecule has 0 unspecified atom stereocenters. The maximum absolute atomic E-state index is 12.4. The summed E-state index contributed by atoms with van der Waals surface area (Å²) >= 11 is 0. The lowest BCUT2D eigenvalue weighted by Crippen LogP contribution is -2.44. The van der Waals surface area contributed by atoms with Crippen LogP contribution in [0.3, 0.4) is 0 Å². The summed E-state index contributed by atoms with van der Waals surface area (Å²) in [6, 6.07) is 3.11. The molecule has 2 heterocycles. The molecule has 0 radical (unpaired) electrons. The Balaban J connectivity index is 2.20. The molecule has 1 atom stereocenters. The summed E-state index contributed by atoms with van der Waals surface area (Å²) in [4.78, 5) is 15.6. The Morgan fingerprint density at radius 3 is 2.95 bits per heavy atom. The lowest BCUT2D eigenvalue weighted by atomic mass is 9.99. The Bertz CT molecular complexity index is 545. The largest absolute Gasteiger partial charge is 0.359 e. The monoisotopic (exact) mass is 283 g/mol. The molecule has 2 rings (SSSR count). The van der Waals surface area contributed by atoms with Crippen LogP contribution in [0.15, 0.2) is 29.4 Å². The molecule has 0 bridgehead atoms. The van der Waals surface area contributed by atoms with Crippen molar-refractivity contribution in [1.82, 2.24) is 14.6 Å². The third kappa shape index (κ3) is 2.93. The van der Waals surface area contributed by atoms with Crippen LogP contribution >= 0.6 is 0 Å². The van der Waals surface area contributed by atoms with E-state index in [2.05, 4.69) is 10.3 Å². The summed E-state index contributed by atoms with van der Waals surface area (Å²) in [5.41, 5.74) is 0. The third-order valence-corrected chi connectivity index (χ3v) is 5.12. The van der Waals surface area contributed by atoms with Gasteiger partial charge in [-0.2, -0.15) is 4.31 Å². The summed E-state index contributed by atoms with van der Waals surface area (Å²) in [5, 5.41) is 2.57. The van der Waals surface area contributed by atoms with Crippen LogP contribution in [-0.4, -0.2) is 43.8 Å². The summed E-state index contributed by atoms with van der Waals surface area (Å²) in [5.74, 6) is -0.378. The number of pyridine rings is 1. The van der Waals surface area contributed by atoms with Gasteiger partial charge in [-0.05, 0) is 25.0 Å². The highest BCUT2D eigenvalue weighted by Crippen LogP contribution is 2.23. The average molecular weight is 283 g/mol. The smallest absolute Gasteiger partial charge is 0.244 e. The van der Waals surface area contributed by atoms with Gasteiger partial charge in [0.15, 0.2) is 0 Å². The van der Waals surface area contributed by atoms with Crippen molar-refractivity contribution in [3.63, 3.8) is 0 Å². The zero-order valence-electron chi connectivity index (χ0n) is 10.7. The van der Waals surface area contributed by atoms with Gasteiger partial charge in [-0.25, -0.2) is 8.42 Å². The second kappa shape index (κ2) is 5.66. The van der Waals surface area contributed by atoms with Gasteiger partial charge in [0.2, 0.25) is 15.9 Å². The Morgan fingerprint density at radius 1 is 1.53 bits per heavy atom. The number of carbonyl (C=O) groups excluding carboxylic acids is 1. The van der Waals surface area contributed by atoms with Gasteiger partial charge >= 0.3 is 0 Å². The molecule has 7 heteroatoms. The van der Waals surface area contributed by atoms with Crippen molar-refractivity contribution in [2.45, 2.75) is 17.7 Å². The second-order valence-electron chi connectivity index (χ2n) is 4.51. The van der Waals surface area contributed by atoms with E-state index in [1.165, 1.54) is 22.8 Å². The van der Waals surface area contributed by atoms with E-state index in [1.54, 1.807) is 13.1 Å². The molecule has 1 aromatic rings. The fourth-order valence-electron chi connectivity index (χ4n) is 2.23. The van der Waals surface area contributed by atoms with Gasteiger partial charge in [0.1, 0.15) is 4.90 Å². The first-order valence-electron chi connectivity index (χ1n) is 6.17. The minimum atomic E-state index is -3.55. The standard InChI is InChI=1S/C12H17N3O3S/c1-13-12(16)10-4-3-7-15(9-10)19(17,18)11-5-2-6-14-8-11/h2,5-6,8,10H,3-4,7,9H2,1H3,(H,13,16)/t10-/m0/s1. The molecule has 1 aliphatic rings. The molecule has 1 saturated heterocycles. The quantitative estimate of drug-likeness (QED) is 0.861. The lowest BCUT2D eigenvalue weighted by molar-refractivity contribution is -0.125. The van der Waals surface area contributed by atoms with Gasteiger partial charge in [0.05, 0.1) is 5.92 Å². The minimum absolute atomic E-state index is 0.105. The predicted octanol–water partition coefficient (Wildman–Crippen LogP) is 0.228. The number of aromatic nitrogens is 1. The molecular weight excluding hydrogens is 266 g/mol. The van der Waals surface area contributed by atoms with Crippen molar-refractivity contribution < 1.29 is 13.2 Å². The molecule has 104 valence electrons. The number of sulfonamides is 1. The van der Waals surface area contributed by atoms with Crippen molar-refractivity contribution in [1.29, 1.82) is 0 Å². The van der Waals surface area contributed by atoms with E-state index in [1.807, 2.05) is 0 Å². The highest BCUT2D eigenvalue weighted by molar-refractivity contribution is 7.89. The number of nitrogens with one attached hydrogen (secondary N) is 1. The number of nitrogens with zero attached hydrogens (tertiary/aromatic N) is 2. The molecular formula is C12H17N3O3S. The van der Waals surface area contributed by atoms with Gasteiger partial charge in [-0.1, -0.05) is 0 Å². The molecule has 1 aliphatic heterocycles. The highest BCUT2D eigenvalue weighted by atomic mass is 32.2. The fraction of sp³-hybridized carbons (Fsp3) is 0.500. The predicted molar refractivity (Wildman–Crippen MR) is 69.8 cm³/mol. The Hall–Kier alpha value is -1.47. The Morgan fingerprint density at radius 2 is 2.32 bits per heavy atom. The zero-order valence-corrected chi connectivity index (χ0v) is 11.6. The van der Waals surface area contributed by atoms with Crippen LogP contribution in [0.2, 0.25) is 0 Å². The third-order valence-electron chi connectivity index (χ3n) is 3.27. The molecule has 6 nitrogen and oxygen atoms in total. The van der Waals surface area contributed by atoms with E-state index in [0.717, 1.165) is 6.42 Å². The molecule has 1 fully saturated rings. The van der Waals surface area contributed by atoms with Crippen LogP contribution in [0.4, 0.5) is 0 Å². The van der Waals surface area contributed by atoms with Crippen molar-refractivity contribution in [3.8, 4) is 0 Å². The number of rotatable bonds is 3. The van der Waals surface area contributed by atoms with E-state index < -0.39 is 10.0 Å². The highest BCUT2D eigenvalue weighted by Gasteiger charge is 2.32. The van der Waals surface area contributed by atoms with Crippen molar-refractivity contribution in [3.05, 3.63) is 24.5 Å². The van der Waals surface area contributed by atoms with Crippen molar-refractivity contribution >= 4 is 15.9 Å². The summed E-state index contributed by atoms with van der Waals surface area (Å²) in [6.45, 7) is 0.682. The first kappa shape index (κ1) is 14.0. The SMILES string of the molecule is CNC(=O)[C@H]1CCCN(S(=O)(=O)c2cccnc2)C1. The number of piperidine rings is 1. The molecule has 19 heavy (non-hydrogen) atoms. The van der Waals surface area contributed by atoms with Gasteiger partial charge in [-0.15, -0.1) is 0 Å². The van der Waals surface area contributed by atoms with Crippen LogP contribution in [0.5, 0.6) is 0 Å². The minimum Gasteiger partial charge on any atom is -0.359 e. The molecule has 0 saturated carbocycles. The van der Waals surface area contributed by atoms with Crippen LogP contribution in [0.1, 0.15) is 12.8 Å². The van der Waals surface area contributed by atoms with Gasteiger partial charge in [0.25, 0.3) is 0 Å². The molecule has 0 spiro atoms. The van der Waals surface area contributed by atoms with Gasteiger partial charge in [-0.3, -0.25) is 9.78 Å². The van der Waals surface area contributed by atoms with Gasteiger partial charge < -0.3 is 5.32 Å². The van der Waals surface area contributed by atoms with E-state index in [4.69, 9.17) is 0 Å². The van der Waals surface area contributed by atoms with E-state index in [-0.39, 0.29) is 23.3 Å². The first-order valence-corrected chi connectivity index (χ1v) is 7.61. The second-order valence-corrected chi connectivity index (χ2v) is 6.44. The number of hydrogen-bond donors (Lipinski definition) is 1. The van der Waals surface area contributed by atoms with Crippen LogP contribution in [0.25, 0.3) is 0 Å². The first-order chi connectivity index (χ1) is 9.05. The molecule has 1 aromatic heterocycles. The van der Waals surface area contributed by atoms with Gasteiger partial charge in [0, 0.05) is 32.5 Å². The molecule has 0 aromatic carbocycles. The molecule has 1 N–H and O–H groups in total. The summed E-state index contributed by atoms with van der Waals surface area (Å²) < 4.78 is 26.2. The van der Waals surface area contributed by atoms with E-state index in [0.29, 0.717) is 13.0 Å². The Kier molecular flexibility index (Phi) is 4.16. The molecule has 1 amide bonds. The summed E-state index contributed by atoms with van der Waals surface area (Å²) in [7, 11) is -1.98. The molecule has 0 aliphatic carbocycles.